The first kappa shape index (κ1) is 15.6. The Bertz CT molecular complexity index is 384. The van der Waals surface area contributed by atoms with Crippen LogP contribution in [0.15, 0.2) is 22.7 Å². The minimum Gasteiger partial charge on any atom is -0.329 e. The molecule has 0 fully saturated rings. The Labute approximate surface area is 117 Å². The van der Waals surface area contributed by atoms with Gasteiger partial charge < -0.3 is 5.73 Å². The van der Waals surface area contributed by atoms with E-state index in [1.807, 2.05) is 6.07 Å². The number of hydrogen-bond donors (Lipinski definition) is 1. The molecule has 2 nitrogen and oxygen atoms in total. The molecule has 0 saturated carbocycles. The highest BCUT2D eigenvalue weighted by Crippen LogP contribution is 2.29. The van der Waals surface area contributed by atoms with E-state index in [0.29, 0.717) is 12.6 Å². The summed E-state index contributed by atoms with van der Waals surface area (Å²) in [6.07, 6.45) is 1.07. The summed E-state index contributed by atoms with van der Waals surface area (Å²) in [7, 11) is 0. The van der Waals surface area contributed by atoms with E-state index in [-0.39, 0.29) is 11.9 Å². The number of benzene rings is 1. The first-order valence-electron chi connectivity index (χ1n) is 6.45. The fourth-order valence-corrected chi connectivity index (χ4v) is 2.90. The molecule has 0 aromatic heterocycles. The van der Waals surface area contributed by atoms with E-state index < -0.39 is 0 Å². The second-order valence-electron chi connectivity index (χ2n) is 4.51. The van der Waals surface area contributed by atoms with Crippen molar-refractivity contribution in [2.75, 3.05) is 13.1 Å². The smallest absolute Gasteiger partial charge is 0.124 e. The lowest BCUT2D eigenvalue weighted by Gasteiger charge is -2.35. The average Bonchev–Trinajstić information content (AvgIpc) is 2.36. The molecule has 0 radical (unpaired) electrons. The summed E-state index contributed by atoms with van der Waals surface area (Å²) in [5, 5.41) is 0. The Hall–Kier alpha value is -0.450. The number of rotatable bonds is 6. The van der Waals surface area contributed by atoms with E-state index in [2.05, 4.69) is 41.6 Å². The quantitative estimate of drug-likeness (QED) is 0.867. The van der Waals surface area contributed by atoms with E-state index in [9.17, 15) is 4.39 Å². The number of nitrogens with zero attached hydrogens (tertiary/aromatic N) is 1. The molecule has 1 rings (SSSR count). The largest absolute Gasteiger partial charge is 0.329 e. The Morgan fingerprint density at radius 1 is 1.39 bits per heavy atom. The van der Waals surface area contributed by atoms with Crippen molar-refractivity contribution in [1.29, 1.82) is 0 Å². The standard InChI is InChI=1S/C14H22BrFN2/c1-4-10(3)18(5-2)14(9-17)12-7-6-11(16)8-13(12)15/h6-8,10,14H,4-5,9,17H2,1-3H3. The second kappa shape index (κ2) is 7.22. The van der Waals surface area contributed by atoms with Gasteiger partial charge in [-0.2, -0.15) is 0 Å². The summed E-state index contributed by atoms with van der Waals surface area (Å²) < 4.78 is 13.9. The fraction of sp³-hybridized carbons (Fsp3) is 0.571. The molecule has 0 bridgehead atoms. The maximum absolute atomic E-state index is 13.1. The lowest BCUT2D eigenvalue weighted by Crippen LogP contribution is -2.39. The molecule has 0 amide bonds. The molecule has 2 unspecified atom stereocenters. The summed E-state index contributed by atoms with van der Waals surface area (Å²) in [4.78, 5) is 2.36. The van der Waals surface area contributed by atoms with Crippen LogP contribution in [0.1, 0.15) is 38.8 Å². The molecular weight excluding hydrogens is 295 g/mol. The summed E-state index contributed by atoms with van der Waals surface area (Å²) >= 11 is 3.43. The second-order valence-corrected chi connectivity index (χ2v) is 5.36. The van der Waals surface area contributed by atoms with Gasteiger partial charge in [0.1, 0.15) is 5.82 Å². The van der Waals surface area contributed by atoms with Gasteiger partial charge in [0.2, 0.25) is 0 Å². The molecule has 1 aromatic carbocycles. The van der Waals surface area contributed by atoms with Crippen molar-refractivity contribution in [3.05, 3.63) is 34.1 Å². The number of likely N-dealkylation sites (N-methyl/N-ethyl adjacent to an activating group) is 1. The van der Waals surface area contributed by atoms with E-state index in [0.717, 1.165) is 23.0 Å². The Morgan fingerprint density at radius 3 is 2.50 bits per heavy atom. The van der Waals surface area contributed by atoms with Crippen LogP contribution in [0.5, 0.6) is 0 Å². The Balaban J connectivity index is 3.07. The van der Waals surface area contributed by atoms with Crippen molar-refractivity contribution >= 4 is 15.9 Å². The molecule has 0 aliphatic carbocycles. The van der Waals surface area contributed by atoms with Gasteiger partial charge in [-0.05, 0) is 37.6 Å². The van der Waals surface area contributed by atoms with Gasteiger partial charge in [0.05, 0.1) is 0 Å². The van der Waals surface area contributed by atoms with Crippen LogP contribution in [0.3, 0.4) is 0 Å². The maximum Gasteiger partial charge on any atom is 0.124 e. The molecule has 18 heavy (non-hydrogen) atoms. The van der Waals surface area contributed by atoms with E-state index in [4.69, 9.17) is 5.73 Å². The van der Waals surface area contributed by atoms with E-state index in [1.54, 1.807) is 0 Å². The van der Waals surface area contributed by atoms with Crippen LogP contribution in [0.4, 0.5) is 4.39 Å². The topological polar surface area (TPSA) is 29.3 Å². The molecule has 0 spiro atoms. The molecule has 102 valence electrons. The zero-order valence-electron chi connectivity index (χ0n) is 11.3. The molecule has 2 atom stereocenters. The average molecular weight is 317 g/mol. The molecule has 0 heterocycles. The third kappa shape index (κ3) is 3.53. The molecule has 0 aliphatic rings. The van der Waals surface area contributed by atoms with Crippen molar-refractivity contribution in [3.63, 3.8) is 0 Å². The van der Waals surface area contributed by atoms with Gasteiger partial charge in [-0.15, -0.1) is 0 Å². The number of halogens is 2. The van der Waals surface area contributed by atoms with Gasteiger partial charge in [0.25, 0.3) is 0 Å². The Morgan fingerprint density at radius 2 is 2.06 bits per heavy atom. The van der Waals surface area contributed by atoms with E-state index in [1.165, 1.54) is 12.1 Å². The van der Waals surface area contributed by atoms with Crippen molar-refractivity contribution in [2.24, 2.45) is 5.73 Å². The summed E-state index contributed by atoms with van der Waals surface area (Å²) in [5.74, 6) is -0.229. The number of hydrogen-bond acceptors (Lipinski definition) is 2. The molecule has 4 heteroatoms. The molecule has 0 aliphatic heterocycles. The highest BCUT2D eigenvalue weighted by atomic mass is 79.9. The first-order valence-corrected chi connectivity index (χ1v) is 7.25. The highest BCUT2D eigenvalue weighted by molar-refractivity contribution is 9.10. The lowest BCUT2D eigenvalue weighted by atomic mass is 10.0. The molecule has 1 aromatic rings. The van der Waals surface area contributed by atoms with Gasteiger partial charge in [0, 0.05) is 23.1 Å². The zero-order chi connectivity index (χ0) is 13.7. The summed E-state index contributed by atoms with van der Waals surface area (Å²) in [6.45, 7) is 7.96. The van der Waals surface area contributed by atoms with Crippen LogP contribution in [0, 0.1) is 5.82 Å². The van der Waals surface area contributed by atoms with Crippen molar-refractivity contribution in [1.82, 2.24) is 4.90 Å². The normalized spacial score (nSPS) is 14.8. The molecular formula is C14H22BrFN2. The van der Waals surface area contributed by atoms with Crippen LogP contribution >= 0.6 is 15.9 Å². The van der Waals surface area contributed by atoms with Crippen LogP contribution in [0.2, 0.25) is 0 Å². The highest BCUT2D eigenvalue weighted by Gasteiger charge is 2.23. The molecule has 2 N–H and O–H groups in total. The first-order chi connectivity index (χ1) is 8.54. The zero-order valence-corrected chi connectivity index (χ0v) is 12.9. The van der Waals surface area contributed by atoms with Crippen molar-refractivity contribution in [2.45, 2.75) is 39.3 Å². The minimum absolute atomic E-state index is 0.125. The van der Waals surface area contributed by atoms with Gasteiger partial charge in [-0.3, -0.25) is 4.90 Å². The van der Waals surface area contributed by atoms with Crippen LogP contribution in [0.25, 0.3) is 0 Å². The van der Waals surface area contributed by atoms with Crippen LogP contribution in [-0.4, -0.2) is 24.0 Å². The third-order valence-corrected chi connectivity index (χ3v) is 4.15. The Kier molecular flexibility index (Phi) is 6.26. The third-order valence-electron chi connectivity index (χ3n) is 3.47. The summed E-state index contributed by atoms with van der Waals surface area (Å²) in [6, 6.07) is 5.40. The van der Waals surface area contributed by atoms with Gasteiger partial charge >= 0.3 is 0 Å². The van der Waals surface area contributed by atoms with Gasteiger partial charge in [-0.1, -0.05) is 35.8 Å². The van der Waals surface area contributed by atoms with Gasteiger partial charge in [-0.25, -0.2) is 4.39 Å². The monoisotopic (exact) mass is 316 g/mol. The van der Waals surface area contributed by atoms with E-state index >= 15 is 0 Å². The SMILES string of the molecule is CCC(C)N(CC)C(CN)c1ccc(F)cc1Br. The number of nitrogens with two attached hydrogens (primary N) is 1. The van der Waals surface area contributed by atoms with Crippen LogP contribution < -0.4 is 5.73 Å². The lowest BCUT2D eigenvalue weighted by molar-refractivity contribution is 0.151. The predicted molar refractivity (Wildman–Crippen MR) is 78.0 cm³/mol. The van der Waals surface area contributed by atoms with Gasteiger partial charge in [0.15, 0.2) is 0 Å². The van der Waals surface area contributed by atoms with Crippen LogP contribution in [-0.2, 0) is 0 Å². The van der Waals surface area contributed by atoms with Crippen molar-refractivity contribution in [3.8, 4) is 0 Å². The fourth-order valence-electron chi connectivity index (χ4n) is 2.29. The molecule has 0 saturated heterocycles. The minimum atomic E-state index is -0.229. The summed E-state index contributed by atoms with van der Waals surface area (Å²) in [5.41, 5.74) is 6.98. The predicted octanol–water partition coefficient (Wildman–Crippen LogP) is 3.71. The maximum atomic E-state index is 13.1. The van der Waals surface area contributed by atoms with Crippen molar-refractivity contribution < 1.29 is 4.39 Å².